The number of hydrogen-bond donors (Lipinski definition) is 0. The third-order valence-electron chi connectivity index (χ3n) is 2.61. The Hall–Kier alpha value is -0.0000000000000000555. The average Bonchev–Trinajstić information content (AvgIpc) is 2.04. The fourth-order valence-electron chi connectivity index (χ4n) is 1.37. The summed E-state index contributed by atoms with van der Waals surface area (Å²) in [6.45, 7) is 2.15. The van der Waals surface area contributed by atoms with Gasteiger partial charge in [0.25, 0.3) is 0 Å². The van der Waals surface area contributed by atoms with Crippen molar-refractivity contribution in [3.63, 3.8) is 0 Å². The second-order valence-electron chi connectivity index (χ2n) is 3.69. The van der Waals surface area contributed by atoms with Crippen LogP contribution in [-0.4, -0.2) is 5.25 Å². The van der Waals surface area contributed by atoms with Gasteiger partial charge >= 0.3 is 0 Å². The molecule has 1 atom stereocenters. The zero-order valence-electron chi connectivity index (χ0n) is 7.92. The fraction of sp³-hybridized carbons (Fsp3) is 0.455. The van der Waals surface area contributed by atoms with Crippen LogP contribution >= 0.6 is 21.0 Å². The first kappa shape index (κ1) is 9.55. The Morgan fingerprint density at radius 1 is 1.38 bits per heavy atom. The Bertz CT molecular complexity index is 305. The van der Waals surface area contributed by atoms with E-state index < -0.39 is 0 Å². The first-order chi connectivity index (χ1) is 6.25. The summed E-state index contributed by atoms with van der Waals surface area (Å²) in [4.78, 5) is 1.43. The monoisotopic (exact) mass is 210 g/mol. The minimum Gasteiger partial charge on any atom is -0.123 e. The van der Waals surface area contributed by atoms with Crippen molar-refractivity contribution < 1.29 is 0 Å². The van der Waals surface area contributed by atoms with Crippen molar-refractivity contribution in [2.24, 2.45) is 0 Å². The van der Waals surface area contributed by atoms with Crippen LogP contribution in [0, 0.1) is 6.92 Å². The molecule has 0 heterocycles. The number of rotatable bonds is 2. The Kier molecular flexibility index (Phi) is 2.96. The molecule has 0 amide bonds. The lowest BCUT2D eigenvalue weighted by Crippen LogP contribution is -2.13. The number of hydrogen-bond acceptors (Lipinski definition) is 1. The molecule has 2 heteroatoms. The lowest BCUT2D eigenvalue weighted by atomic mass is 10.0. The van der Waals surface area contributed by atoms with Crippen molar-refractivity contribution in [1.82, 2.24) is 0 Å². The van der Waals surface area contributed by atoms with Crippen LogP contribution in [-0.2, 0) is 0 Å². The van der Waals surface area contributed by atoms with Gasteiger partial charge in [-0.3, -0.25) is 0 Å². The predicted molar refractivity (Wildman–Crippen MR) is 64.0 cm³/mol. The van der Waals surface area contributed by atoms with E-state index in [0.717, 1.165) is 5.25 Å². The highest BCUT2D eigenvalue weighted by Crippen LogP contribution is 2.36. The minimum atomic E-state index is 0.895. The largest absolute Gasteiger partial charge is 0.123 e. The molecule has 0 aromatic heterocycles. The third-order valence-corrected chi connectivity index (χ3v) is 4.56. The van der Waals surface area contributed by atoms with E-state index in [4.69, 9.17) is 0 Å². The molecule has 1 unspecified atom stereocenters. The van der Waals surface area contributed by atoms with Crippen molar-refractivity contribution in [2.45, 2.75) is 36.3 Å². The Morgan fingerprint density at radius 2 is 2.15 bits per heavy atom. The highest BCUT2D eigenvalue weighted by atomic mass is 32.2. The van der Waals surface area contributed by atoms with Gasteiger partial charge in [0, 0.05) is 10.1 Å². The number of benzene rings is 1. The first-order valence-electron chi connectivity index (χ1n) is 4.78. The Labute approximate surface area is 86.7 Å². The van der Waals surface area contributed by atoms with Gasteiger partial charge in [0.15, 0.2) is 0 Å². The SMILES string of the molecule is Cc1ccc(SC2CCC2)cc1P. The van der Waals surface area contributed by atoms with Crippen LogP contribution < -0.4 is 5.30 Å². The topological polar surface area (TPSA) is 0 Å². The molecule has 1 aromatic carbocycles. The summed E-state index contributed by atoms with van der Waals surface area (Å²) in [5, 5.41) is 2.23. The Morgan fingerprint density at radius 3 is 2.69 bits per heavy atom. The maximum absolute atomic E-state index is 2.80. The van der Waals surface area contributed by atoms with Gasteiger partial charge in [0.05, 0.1) is 0 Å². The van der Waals surface area contributed by atoms with Gasteiger partial charge in [-0.2, -0.15) is 0 Å². The molecule has 0 N–H and O–H groups in total. The van der Waals surface area contributed by atoms with E-state index in [0.29, 0.717) is 0 Å². The molecular weight excluding hydrogens is 195 g/mol. The molecule has 1 saturated carbocycles. The Balaban J connectivity index is 2.07. The fourth-order valence-corrected chi connectivity index (χ4v) is 3.07. The van der Waals surface area contributed by atoms with Crippen molar-refractivity contribution in [2.75, 3.05) is 0 Å². The van der Waals surface area contributed by atoms with Gasteiger partial charge in [-0.15, -0.1) is 21.0 Å². The summed E-state index contributed by atoms with van der Waals surface area (Å²) in [7, 11) is 2.80. The van der Waals surface area contributed by atoms with Gasteiger partial charge in [-0.1, -0.05) is 12.5 Å². The van der Waals surface area contributed by atoms with Crippen LogP contribution in [0.15, 0.2) is 23.1 Å². The van der Waals surface area contributed by atoms with Crippen LogP contribution in [0.1, 0.15) is 24.8 Å². The van der Waals surface area contributed by atoms with Crippen molar-refractivity contribution in [3.8, 4) is 0 Å². The van der Waals surface area contributed by atoms with E-state index in [2.05, 4.69) is 34.4 Å². The summed E-state index contributed by atoms with van der Waals surface area (Å²) in [6.07, 6.45) is 4.24. The number of aryl methyl sites for hydroxylation is 1. The van der Waals surface area contributed by atoms with E-state index in [1.54, 1.807) is 0 Å². The van der Waals surface area contributed by atoms with Crippen LogP contribution in [0.5, 0.6) is 0 Å². The molecule has 0 spiro atoms. The van der Waals surface area contributed by atoms with Crippen LogP contribution in [0.3, 0.4) is 0 Å². The predicted octanol–water partition coefficient (Wildman–Crippen LogP) is 3.14. The average molecular weight is 210 g/mol. The summed E-state index contributed by atoms with van der Waals surface area (Å²) in [5.74, 6) is 0. The van der Waals surface area contributed by atoms with E-state index in [1.165, 1.54) is 35.0 Å². The number of thioether (sulfide) groups is 1. The molecule has 0 nitrogen and oxygen atoms in total. The molecule has 2 rings (SSSR count). The highest BCUT2D eigenvalue weighted by molar-refractivity contribution is 8.00. The molecule has 1 fully saturated rings. The molecule has 1 aliphatic rings. The van der Waals surface area contributed by atoms with E-state index in [9.17, 15) is 0 Å². The second-order valence-corrected chi connectivity index (χ2v) is 5.68. The van der Waals surface area contributed by atoms with E-state index in [1.807, 2.05) is 11.8 Å². The first-order valence-corrected chi connectivity index (χ1v) is 6.24. The third kappa shape index (κ3) is 2.27. The molecule has 0 saturated heterocycles. The summed E-state index contributed by atoms with van der Waals surface area (Å²) >= 11 is 2.04. The van der Waals surface area contributed by atoms with Crippen molar-refractivity contribution >= 4 is 26.3 Å². The standard InChI is InChI=1S/C11H15PS/c1-8-5-6-10(7-11(8)12)13-9-3-2-4-9/h5-7,9H,2-4,12H2,1H3. The summed E-state index contributed by atoms with van der Waals surface area (Å²) < 4.78 is 0. The molecule has 0 bridgehead atoms. The summed E-state index contributed by atoms with van der Waals surface area (Å²) in [5.41, 5.74) is 1.36. The summed E-state index contributed by atoms with van der Waals surface area (Å²) in [6, 6.07) is 6.73. The lowest BCUT2D eigenvalue weighted by Gasteiger charge is -2.24. The van der Waals surface area contributed by atoms with Crippen molar-refractivity contribution in [3.05, 3.63) is 23.8 Å². The molecular formula is C11H15PS. The van der Waals surface area contributed by atoms with Crippen LogP contribution in [0.2, 0.25) is 0 Å². The second kappa shape index (κ2) is 4.02. The smallest absolute Gasteiger partial charge is 0.00944 e. The quantitative estimate of drug-likeness (QED) is 0.676. The maximum Gasteiger partial charge on any atom is 0.00944 e. The van der Waals surface area contributed by atoms with Crippen LogP contribution in [0.4, 0.5) is 0 Å². The lowest BCUT2D eigenvalue weighted by molar-refractivity contribution is 0.522. The van der Waals surface area contributed by atoms with Gasteiger partial charge in [0.1, 0.15) is 0 Å². The highest BCUT2D eigenvalue weighted by Gasteiger charge is 2.18. The minimum absolute atomic E-state index is 0.895. The molecule has 13 heavy (non-hydrogen) atoms. The van der Waals surface area contributed by atoms with Crippen LogP contribution in [0.25, 0.3) is 0 Å². The van der Waals surface area contributed by atoms with Gasteiger partial charge in [-0.05, 0) is 42.8 Å². The van der Waals surface area contributed by atoms with Gasteiger partial charge < -0.3 is 0 Å². The molecule has 70 valence electrons. The zero-order chi connectivity index (χ0) is 9.26. The van der Waals surface area contributed by atoms with E-state index >= 15 is 0 Å². The molecule has 1 aromatic rings. The van der Waals surface area contributed by atoms with Gasteiger partial charge in [0.2, 0.25) is 0 Å². The van der Waals surface area contributed by atoms with E-state index in [-0.39, 0.29) is 0 Å². The van der Waals surface area contributed by atoms with Crippen molar-refractivity contribution in [1.29, 1.82) is 0 Å². The molecule has 1 aliphatic carbocycles. The molecule has 0 aliphatic heterocycles. The normalized spacial score (nSPS) is 17.1. The zero-order valence-corrected chi connectivity index (χ0v) is 9.89. The van der Waals surface area contributed by atoms with Gasteiger partial charge in [-0.25, -0.2) is 0 Å². The molecule has 0 radical (unpaired) electrons. The maximum atomic E-state index is 2.80.